The lowest BCUT2D eigenvalue weighted by atomic mass is 10.2. The summed E-state index contributed by atoms with van der Waals surface area (Å²) in [5.74, 6) is -0.383. The van der Waals surface area contributed by atoms with Crippen LogP contribution in [-0.4, -0.2) is 58.1 Å². The molecule has 0 saturated carbocycles. The first-order valence-electron chi connectivity index (χ1n) is 7.90. The van der Waals surface area contributed by atoms with Gasteiger partial charge in [0, 0.05) is 38.3 Å². The highest BCUT2D eigenvalue weighted by Gasteiger charge is 2.25. The topological polar surface area (TPSA) is 49.3 Å². The monoisotopic (exact) mass is 380 g/mol. The number of hydrogen-bond acceptors (Lipinski definition) is 5. The van der Waals surface area contributed by atoms with Crippen LogP contribution in [0, 0.1) is 5.82 Å². The van der Waals surface area contributed by atoms with E-state index in [0.717, 1.165) is 0 Å². The molecule has 1 aliphatic heterocycles. The molecule has 1 aliphatic rings. The molecule has 1 amide bonds. The highest BCUT2D eigenvalue weighted by molar-refractivity contribution is 7.98. The van der Waals surface area contributed by atoms with Gasteiger partial charge in [-0.3, -0.25) is 9.69 Å². The van der Waals surface area contributed by atoms with Gasteiger partial charge in [0.2, 0.25) is 0 Å². The summed E-state index contributed by atoms with van der Waals surface area (Å²) in [6.07, 6.45) is 3.31. The van der Waals surface area contributed by atoms with Gasteiger partial charge in [0.15, 0.2) is 10.9 Å². The van der Waals surface area contributed by atoms with Gasteiger partial charge in [-0.05, 0) is 12.3 Å². The molecule has 0 atom stereocenters. The minimum Gasteiger partial charge on any atom is -0.335 e. The summed E-state index contributed by atoms with van der Waals surface area (Å²) in [4.78, 5) is 24.8. The van der Waals surface area contributed by atoms with Crippen LogP contribution in [0.15, 0.2) is 35.6 Å². The van der Waals surface area contributed by atoms with Gasteiger partial charge in [-0.2, -0.15) is 0 Å². The fourth-order valence-corrected chi connectivity index (χ4v) is 3.24. The van der Waals surface area contributed by atoms with Crippen molar-refractivity contribution in [3.63, 3.8) is 0 Å². The van der Waals surface area contributed by atoms with Crippen LogP contribution in [0.3, 0.4) is 0 Å². The SMILES string of the molecule is CSc1ncc(Cl)c(C(=O)N2CCN(Cc3ccccc3F)CC2)n1. The van der Waals surface area contributed by atoms with Gasteiger partial charge in [0.1, 0.15) is 5.82 Å². The Morgan fingerprint density at radius 2 is 2.00 bits per heavy atom. The van der Waals surface area contributed by atoms with Crippen LogP contribution in [0.25, 0.3) is 0 Å². The number of thioether (sulfide) groups is 1. The lowest BCUT2D eigenvalue weighted by molar-refractivity contribution is 0.0620. The maximum Gasteiger partial charge on any atom is 0.274 e. The van der Waals surface area contributed by atoms with E-state index in [9.17, 15) is 9.18 Å². The van der Waals surface area contributed by atoms with E-state index in [-0.39, 0.29) is 22.4 Å². The molecule has 3 rings (SSSR count). The molecular weight excluding hydrogens is 363 g/mol. The smallest absolute Gasteiger partial charge is 0.274 e. The first kappa shape index (κ1) is 18.1. The van der Waals surface area contributed by atoms with Crippen LogP contribution in [0.4, 0.5) is 4.39 Å². The molecule has 8 heteroatoms. The van der Waals surface area contributed by atoms with Gasteiger partial charge < -0.3 is 4.90 Å². The number of rotatable bonds is 4. The van der Waals surface area contributed by atoms with E-state index in [2.05, 4.69) is 14.9 Å². The highest BCUT2D eigenvalue weighted by Crippen LogP contribution is 2.19. The van der Waals surface area contributed by atoms with Gasteiger partial charge >= 0.3 is 0 Å². The Balaban J connectivity index is 1.62. The molecule has 0 N–H and O–H groups in total. The van der Waals surface area contributed by atoms with Crippen molar-refractivity contribution < 1.29 is 9.18 Å². The fourth-order valence-electron chi connectivity index (χ4n) is 2.73. The van der Waals surface area contributed by atoms with Gasteiger partial charge in [-0.15, -0.1) is 0 Å². The quantitative estimate of drug-likeness (QED) is 0.603. The molecule has 1 aromatic heterocycles. The normalized spacial score (nSPS) is 15.4. The summed E-state index contributed by atoms with van der Waals surface area (Å²) in [6.45, 7) is 3.01. The van der Waals surface area contributed by atoms with E-state index in [1.165, 1.54) is 24.0 Å². The number of nitrogens with zero attached hydrogens (tertiary/aromatic N) is 4. The summed E-state index contributed by atoms with van der Waals surface area (Å²) < 4.78 is 13.8. The zero-order valence-electron chi connectivity index (χ0n) is 13.8. The molecule has 1 saturated heterocycles. The van der Waals surface area contributed by atoms with Crippen LogP contribution in [0.1, 0.15) is 16.1 Å². The molecule has 1 aromatic carbocycles. The van der Waals surface area contributed by atoms with E-state index in [4.69, 9.17) is 11.6 Å². The van der Waals surface area contributed by atoms with Gasteiger partial charge in [0.05, 0.1) is 11.2 Å². The van der Waals surface area contributed by atoms with E-state index in [1.807, 2.05) is 12.3 Å². The van der Waals surface area contributed by atoms with E-state index >= 15 is 0 Å². The lowest BCUT2D eigenvalue weighted by Crippen LogP contribution is -2.48. The van der Waals surface area contributed by atoms with Crippen LogP contribution in [-0.2, 0) is 6.54 Å². The number of carbonyl (C=O) groups excluding carboxylic acids is 1. The molecule has 0 bridgehead atoms. The number of halogens is 2. The third-order valence-corrected chi connectivity index (χ3v) is 4.96. The predicted molar refractivity (Wildman–Crippen MR) is 96.4 cm³/mol. The largest absolute Gasteiger partial charge is 0.335 e. The summed E-state index contributed by atoms with van der Waals surface area (Å²) in [7, 11) is 0. The van der Waals surface area contributed by atoms with Gasteiger partial charge in [-0.25, -0.2) is 14.4 Å². The molecule has 0 unspecified atom stereocenters. The summed E-state index contributed by atoms with van der Waals surface area (Å²) in [5, 5.41) is 0.780. The third kappa shape index (κ3) is 4.29. The number of benzene rings is 1. The molecule has 25 heavy (non-hydrogen) atoms. The van der Waals surface area contributed by atoms with Crippen LogP contribution >= 0.6 is 23.4 Å². The van der Waals surface area contributed by atoms with Crippen molar-refractivity contribution in [2.75, 3.05) is 32.4 Å². The molecule has 132 valence electrons. The Kier molecular flexibility index (Phi) is 5.88. The lowest BCUT2D eigenvalue weighted by Gasteiger charge is -2.34. The molecule has 1 fully saturated rings. The van der Waals surface area contributed by atoms with E-state index < -0.39 is 0 Å². The second kappa shape index (κ2) is 8.12. The predicted octanol–water partition coefficient (Wildman–Crippen LogP) is 2.95. The Morgan fingerprint density at radius 1 is 1.28 bits per heavy atom. The maximum atomic E-state index is 13.8. The minimum atomic E-state index is -0.196. The molecule has 0 spiro atoms. The zero-order chi connectivity index (χ0) is 17.8. The molecule has 0 aliphatic carbocycles. The fraction of sp³-hybridized carbons (Fsp3) is 0.353. The molecule has 2 heterocycles. The van der Waals surface area contributed by atoms with Crippen molar-refractivity contribution in [2.45, 2.75) is 11.7 Å². The van der Waals surface area contributed by atoms with Crippen molar-refractivity contribution in [2.24, 2.45) is 0 Å². The summed E-state index contributed by atoms with van der Waals surface area (Å²) in [6, 6.07) is 6.77. The second-order valence-electron chi connectivity index (χ2n) is 5.71. The highest BCUT2D eigenvalue weighted by atomic mass is 35.5. The Hall–Kier alpha value is -1.70. The van der Waals surface area contributed by atoms with E-state index in [1.54, 1.807) is 17.0 Å². The Morgan fingerprint density at radius 3 is 2.68 bits per heavy atom. The number of carbonyl (C=O) groups is 1. The number of aromatic nitrogens is 2. The second-order valence-corrected chi connectivity index (χ2v) is 6.89. The average Bonchev–Trinajstić information content (AvgIpc) is 2.64. The minimum absolute atomic E-state index is 0.187. The van der Waals surface area contributed by atoms with Gasteiger partial charge in [0.25, 0.3) is 5.91 Å². The van der Waals surface area contributed by atoms with Crippen LogP contribution < -0.4 is 0 Å². The standard InChI is InChI=1S/C17H18ClFN4OS/c1-25-17-20-10-13(18)15(21-17)16(24)23-8-6-22(7-9-23)11-12-4-2-3-5-14(12)19/h2-5,10H,6-9,11H2,1H3. The van der Waals surface area contributed by atoms with Crippen LogP contribution in [0.5, 0.6) is 0 Å². The summed E-state index contributed by atoms with van der Waals surface area (Å²) in [5.41, 5.74) is 0.911. The Bertz CT molecular complexity index is 768. The van der Waals surface area contributed by atoms with E-state index in [0.29, 0.717) is 43.4 Å². The first-order valence-corrected chi connectivity index (χ1v) is 9.50. The van der Waals surface area contributed by atoms with Crippen molar-refractivity contribution in [3.05, 3.63) is 52.6 Å². The summed E-state index contributed by atoms with van der Waals surface area (Å²) >= 11 is 7.45. The molecule has 2 aromatic rings. The van der Waals surface area contributed by atoms with Crippen molar-refractivity contribution in [1.29, 1.82) is 0 Å². The van der Waals surface area contributed by atoms with Crippen molar-refractivity contribution >= 4 is 29.3 Å². The number of piperazine rings is 1. The maximum absolute atomic E-state index is 13.8. The van der Waals surface area contributed by atoms with Crippen molar-refractivity contribution in [1.82, 2.24) is 19.8 Å². The molecule has 5 nitrogen and oxygen atoms in total. The number of amides is 1. The number of hydrogen-bond donors (Lipinski definition) is 0. The Labute approximate surface area is 155 Å². The molecule has 0 radical (unpaired) electrons. The molecular formula is C17H18ClFN4OS. The zero-order valence-corrected chi connectivity index (χ0v) is 15.4. The first-order chi connectivity index (χ1) is 12.1. The average molecular weight is 381 g/mol. The van der Waals surface area contributed by atoms with Crippen molar-refractivity contribution in [3.8, 4) is 0 Å². The third-order valence-electron chi connectivity index (χ3n) is 4.12. The van der Waals surface area contributed by atoms with Crippen LogP contribution in [0.2, 0.25) is 5.02 Å². The van der Waals surface area contributed by atoms with Gasteiger partial charge in [-0.1, -0.05) is 41.6 Å².